The standard InChI is InChI=1S/C27H20ClN7O/c1-29-26-19(28)13-17(14-24(26)34(2)18-8-9-20-21(15-18)33-27(36)32-20)22-10-12-31-35(22)23-7-3-5-16-6-4-11-30-25(16)23/h3-15H,1H2,2H3,(H2,32,33,36). The summed E-state index contributed by atoms with van der Waals surface area (Å²) in [6, 6.07) is 21.4. The van der Waals surface area contributed by atoms with Crippen LogP contribution in [0.15, 0.2) is 88.9 Å². The van der Waals surface area contributed by atoms with Crippen molar-refractivity contribution in [3.8, 4) is 16.9 Å². The summed E-state index contributed by atoms with van der Waals surface area (Å²) in [6.45, 7) is 3.73. The third-order valence-corrected chi connectivity index (χ3v) is 6.52. The predicted octanol–water partition coefficient (Wildman–Crippen LogP) is 6.01. The number of halogens is 1. The van der Waals surface area contributed by atoms with Gasteiger partial charge >= 0.3 is 5.69 Å². The Morgan fingerprint density at radius 3 is 2.69 bits per heavy atom. The van der Waals surface area contributed by atoms with Crippen molar-refractivity contribution in [2.45, 2.75) is 0 Å². The lowest BCUT2D eigenvalue weighted by molar-refractivity contribution is 0.892. The highest BCUT2D eigenvalue weighted by atomic mass is 35.5. The molecule has 0 unspecified atom stereocenters. The van der Waals surface area contributed by atoms with Gasteiger partial charge in [-0.1, -0.05) is 29.8 Å². The first-order valence-electron chi connectivity index (χ1n) is 11.2. The summed E-state index contributed by atoms with van der Waals surface area (Å²) in [4.78, 5) is 28.0. The predicted molar refractivity (Wildman–Crippen MR) is 146 cm³/mol. The van der Waals surface area contributed by atoms with E-state index in [1.807, 2.05) is 83.4 Å². The molecule has 0 aliphatic heterocycles. The van der Waals surface area contributed by atoms with Crippen molar-refractivity contribution in [2.75, 3.05) is 11.9 Å². The van der Waals surface area contributed by atoms with Crippen LogP contribution in [0.25, 0.3) is 38.9 Å². The highest BCUT2D eigenvalue weighted by Gasteiger charge is 2.18. The number of hydrogen-bond donors (Lipinski definition) is 2. The highest BCUT2D eigenvalue weighted by Crippen LogP contribution is 2.42. The third-order valence-electron chi connectivity index (χ3n) is 6.23. The molecule has 0 spiro atoms. The molecule has 0 fully saturated rings. The number of para-hydroxylation sites is 1. The maximum atomic E-state index is 11.7. The van der Waals surface area contributed by atoms with Crippen LogP contribution in [-0.4, -0.2) is 38.5 Å². The number of rotatable bonds is 5. The minimum absolute atomic E-state index is 0.250. The summed E-state index contributed by atoms with van der Waals surface area (Å²) in [5, 5.41) is 6.09. The number of imidazole rings is 1. The summed E-state index contributed by atoms with van der Waals surface area (Å²) < 4.78 is 1.86. The van der Waals surface area contributed by atoms with Gasteiger partial charge in [0, 0.05) is 29.9 Å². The zero-order chi connectivity index (χ0) is 24.8. The van der Waals surface area contributed by atoms with Crippen LogP contribution in [-0.2, 0) is 0 Å². The molecule has 0 aliphatic rings. The maximum Gasteiger partial charge on any atom is 0.323 e. The Morgan fingerprint density at radius 1 is 1.00 bits per heavy atom. The van der Waals surface area contributed by atoms with Gasteiger partial charge < -0.3 is 14.9 Å². The van der Waals surface area contributed by atoms with Gasteiger partial charge in [0.25, 0.3) is 0 Å². The van der Waals surface area contributed by atoms with Gasteiger partial charge in [0.15, 0.2) is 0 Å². The summed E-state index contributed by atoms with van der Waals surface area (Å²) in [6.07, 6.45) is 3.53. The molecule has 0 radical (unpaired) electrons. The van der Waals surface area contributed by atoms with E-state index in [0.29, 0.717) is 16.2 Å². The first-order chi connectivity index (χ1) is 17.5. The van der Waals surface area contributed by atoms with Gasteiger partial charge in [0.2, 0.25) is 0 Å². The van der Waals surface area contributed by atoms with E-state index < -0.39 is 0 Å². The van der Waals surface area contributed by atoms with Crippen molar-refractivity contribution in [2.24, 2.45) is 4.99 Å². The lowest BCUT2D eigenvalue weighted by Gasteiger charge is -2.23. The molecule has 176 valence electrons. The molecule has 9 heteroatoms. The average Bonchev–Trinajstić information content (AvgIpc) is 3.53. The summed E-state index contributed by atoms with van der Waals surface area (Å²) in [5.74, 6) is 0. The Hall–Kier alpha value is -4.69. The van der Waals surface area contributed by atoms with Crippen molar-refractivity contribution in [1.82, 2.24) is 24.7 Å². The number of H-pyrrole nitrogens is 2. The minimum Gasteiger partial charge on any atom is -0.343 e. The Labute approximate surface area is 210 Å². The first kappa shape index (κ1) is 21.8. The van der Waals surface area contributed by atoms with Crippen LogP contribution in [0.2, 0.25) is 5.02 Å². The highest BCUT2D eigenvalue weighted by molar-refractivity contribution is 6.34. The van der Waals surface area contributed by atoms with Gasteiger partial charge in [-0.25, -0.2) is 9.48 Å². The zero-order valence-corrected chi connectivity index (χ0v) is 20.0. The quantitative estimate of drug-likeness (QED) is 0.287. The molecular formula is C27H20ClN7O. The Kier molecular flexibility index (Phi) is 5.16. The molecular weight excluding hydrogens is 474 g/mol. The summed E-state index contributed by atoms with van der Waals surface area (Å²) >= 11 is 6.72. The van der Waals surface area contributed by atoms with Gasteiger partial charge in [-0.15, -0.1) is 0 Å². The van der Waals surface area contributed by atoms with Crippen LogP contribution < -0.4 is 10.6 Å². The average molecular weight is 494 g/mol. The van der Waals surface area contributed by atoms with Crippen molar-refractivity contribution < 1.29 is 0 Å². The lowest BCUT2D eigenvalue weighted by Crippen LogP contribution is -2.10. The van der Waals surface area contributed by atoms with Crippen molar-refractivity contribution >= 4 is 57.3 Å². The molecule has 0 aliphatic carbocycles. The second-order valence-electron chi connectivity index (χ2n) is 8.33. The van der Waals surface area contributed by atoms with E-state index in [1.165, 1.54) is 0 Å². The third kappa shape index (κ3) is 3.55. The van der Waals surface area contributed by atoms with Gasteiger partial charge in [0.05, 0.1) is 44.8 Å². The number of aromatic nitrogens is 5. The van der Waals surface area contributed by atoms with E-state index in [-0.39, 0.29) is 5.69 Å². The summed E-state index contributed by atoms with van der Waals surface area (Å²) in [5.41, 5.74) is 6.79. The molecule has 8 nitrogen and oxygen atoms in total. The number of hydrogen-bond acceptors (Lipinski definition) is 5. The number of aromatic amines is 2. The maximum absolute atomic E-state index is 11.7. The number of fused-ring (bicyclic) bond motifs is 2. The molecule has 6 aromatic rings. The fraction of sp³-hybridized carbons (Fsp3) is 0.0370. The van der Waals surface area contributed by atoms with Crippen molar-refractivity contribution in [3.63, 3.8) is 0 Å². The van der Waals surface area contributed by atoms with Gasteiger partial charge in [-0.3, -0.25) is 9.98 Å². The fourth-order valence-corrected chi connectivity index (χ4v) is 4.76. The van der Waals surface area contributed by atoms with Crippen LogP contribution in [0.3, 0.4) is 0 Å². The second-order valence-corrected chi connectivity index (χ2v) is 8.74. The van der Waals surface area contributed by atoms with Gasteiger partial charge in [-0.05, 0) is 55.2 Å². The van der Waals surface area contributed by atoms with Crippen molar-refractivity contribution in [1.29, 1.82) is 0 Å². The number of anilines is 2. The van der Waals surface area contributed by atoms with Crippen molar-refractivity contribution in [3.05, 3.63) is 94.6 Å². The van der Waals surface area contributed by atoms with E-state index in [0.717, 1.165) is 44.7 Å². The van der Waals surface area contributed by atoms with E-state index in [1.54, 1.807) is 12.4 Å². The number of pyridine rings is 1. The van der Waals surface area contributed by atoms with Crippen LogP contribution >= 0.6 is 11.6 Å². The molecule has 6 rings (SSSR count). The molecule has 2 N–H and O–H groups in total. The van der Waals surface area contributed by atoms with Crippen LogP contribution in [0, 0.1) is 0 Å². The molecule has 0 saturated carbocycles. The smallest absolute Gasteiger partial charge is 0.323 e. The molecule has 0 amide bonds. The van der Waals surface area contributed by atoms with Gasteiger partial charge in [-0.2, -0.15) is 5.10 Å². The van der Waals surface area contributed by atoms with E-state index in [9.17, 15) is 4.79 Å². The largest absolute Gasteiger partial charge is 0.343 e. The molecule has 0 saturated heterocycles. The fourth-order valence-electron chi connectivity index (χ4n) is 4.49. The first-order valence-corrected chi connectivity index (χ1v) is 11.6. The Bertz CT molecular complexity index is 1830. The van der Waals surface area contributed by atoms with E-state index >= 15 is 0 Å². The van der Waals surface area contributed by atoms with E-state index in [4.69, 9.17) is 11.6 Å². The van der Waals surface area contributed by atoms with Gasteiger partial charge in [0.1, 0.15) is 5.69 Å². The van der Waals surface area contributed by atoms with E-state index in [2.05, 4.69) is 31.8 Å². The lowest BCUT2D eigenvalue weighted by atomic mass is 10.1. The molecule has 36 heavy (non-hydrogen) atoms. The second kappa shape index (κ2) is 8.51. The molecule has 3 aromatic heterocycles. The minimum atomic E-state index is -0.250. The number of benzene rings is 3. The van der Waals surface area contributed by atoms with Crippen LogP contribution in [0.4, 0.5) is 17.1 Å². The SMILES string of the molecule is C=Nc1c(Cl)cc(-c2ccnn2-c2cccc3cccnc23)cc1N(C)c1ccc2[nH]c(=O)[nH]c2c1. The van der Waals surface area contributed by atoms with Crippen LogP contribution in [0.5, 0.6) is 0 Å². The molecule has 0 atom stereocenters. The topological polar surface area (TPSA) is 95.0 Å². The number of nitrogens with zero attached hydrogens (tertiary/aromatic N) is 5. The monoisotopic (exact) mass is 493 g/mol. The molecule has 3 heterocycles. The van der Waals surface area contributed by atoms with Crippen LogP contribution in [0.1, 0.15) is 0 Å². The molecule has 0 bridgehead atoms. The Morgan fingerprint density at radius 2 is 1.83 bits per heavy atom. The molecule has 3 aromatic carbocycles. The zero-order valence-electron chi connectivity index (χ0n) is 19.2. The normalized spacial score (nSPS) is 11.3. The number of nitrogens with one attached hydrogen (secondary N) is 2. The number of aliphatic imine (C=N–C) groups is 1. The summed E-state index contributed by atoms with van der Waals surface area (Å²) in [7, 11) is 1.92. The Balaban J connectivity index is 1.50.